The molecule has 0 bridgehead atoms. The van der Waals surface area contributed by atoms with Gasteiger partial charge in [0.25, 0.3) is 0 Å². The van der Waals surface area contributed by atoms with Gasteiger partial charge < -0.3 is 19.9 Å². The minimum Gasteiger partial charge on any atom is -0.488 e. The Kier molecular flexibility index (Phi) is 7.12. The van der Waals surface area contributed by atoms with Gasteiger partial charge >= 0.3 is 5.97 Å². The van der Waals surface area contributed by atoms with Crippen molar-refractivity contribution >= 4 is 40.8 Å². The summed E-state index contributed by atoms with van der Waals surface area (Å²) in [6.45, 7) is 3.62. The molecule has 0 atom stereocenters. The first-order chi connectivity index (χ1) is 10.7. The van der Waals surface area contributed by atoms with Crippen LogP contribution in [-0.2, 0) is 14.3 Å². The molecule has 0 heterocycles. The van der Waals surface area contributed by atoms with Crippen molar-refractivity contribution in [3.63, 3.8) is 0 Å². The molecule has 1 amide bonds. The van der Waals surface area contributed by atoms with E-state index in [2.05, 4.69) is 5.32 Å². The smallest absolute Gasteiger partial charge is 0.309 e. The molecule has 0 fully saturated rings. The highest BCUT2D eigenvalue weighted by atomic mass is 35.5. The van der Waals surface area contributed by atoms with Crippen molar-refractivity contribution in [2.45, 2.75) is 20.3 Å². The molecule has 0 saturated carbocycles. The van der Waals surface area contributed by atoms with E-state index in [4.69, 9.17) is 37.8 Å². The molecule has 0 radical (unpaired) electrons. The topological polar surface area (TPSA) is 84.9 Å². The minimum atomic E-state index is -1.17. The number of anilines is 1. The largest absolute Gasteiger partial charge is 0.488 e. The van der Waals surface area contributed by atoms with Crippen LogP contribution < -0.4 is 10.1 Å². The molecule has 0 spiro atoms. The number of hydrogen-bond acceptors (Lipinski definition) is 4. The maximum atomic E-state index is 11.9. The molecule has 0 aliphatic heterocycles. The van der Waals surface area contributed by atoms with Crippen molar-refractivity contribution in [1.82, 2.24) is 0 Å². The third kappa shape index (κ3) is 5.89. The molecule has 128 valence electrons. The van der Waals surface area contributed by atoms with E-state index in [1.807, 2.05) is 0 Å². The second-order valence-electron chi connectivity index (χ2n) is 5.52. The summed E-state index contributed by atoms with van der Waals surface area (Å²) in [6, 6.07) is 2.97. The molecule has 1 aromatic rings. The van der Waals surface area contributed by atoms with Crippen molar-refractivity contribution in [3.8, 4) is 5.75 Å². The first kappa shape index (κ1) is 19.5. The van der Waals surface area contributed by atoms with E-state index in [0.717, 1.165) is 0 Å². The van der Waals surface area contributed by atoms with Crippen LogP contribution in [0.25, 0.3) is 0 Å². The van der Waals surface area contributed by atoms with Gasteiger partial charge in [-0.2, -0.15) is 0 Å². The average molecular weight is 364 g/mol. The molecule has 0 unspecified atom stereocenters. The van der Waals surface area contributed by atoms with E-state index in [1.54, 1.807) is 7.11 Å². The van der Waals surface area contributed by atoms with Gasteiger partial charge in [-0.1, -0.05) is 23.2 Å². The number of carbonyl (C=O) groups excluding carboxylic acids is 1. The lowest BCUT2D eigenvalue weighted by atomic mass is 9.89. The van der Waals surface area contributed by atoms with Crippen molar-refractivity contribution in [1.29, 1.82) is 0 Å². The van der Waals surface area contributed by atoms with Crippen LogP contribution in [0.4, 0.5) is 5.69 Å². The van der Waals surface area contributed by atoms with Crippen LogP contribution in [0.15, 0.2) is 12.1 Å². The van der Waals surface area contributed by atoms with Crippen molar-refractivity contribution in [2.75, 3.05) is 25.6 Å². The summed E-state index contributed by atoms with van der Waals surface area (Å²) in [6.07, 6.45) is -0.177. The second-order valence-corrected chi connectivity index (χ2v) is 6.34. The van der Waals surface area contributed by atoms with Gasteiger partial charge in [0.15, 0.2) is 5.75 Å². The summed E-state index contributed by atoms with van der Waals surface area (Å²) in [5, 5.41) is 12.1. The van der Waals surface area contributed by atoms with Crippen molar-refractivity contribution in [2.24, 2.45) is 5.41 Å². The van der Waals surface area contributed by atoms with Crippen LogP contribution in [0.1, 0.15) is 20.3 Å². The number of rotatable bonds is 8. The van der Waals surface area contributed by atoms with Gasteiger partial charge in [0.05, 0.1) is 22.1 Å². The molecule has 6 nitrogen and oxygen atoms in total. The Morgan fingerprint density at radius 1 is 1.22 bits per heavy atom. The highest BCUT2D eigenvalue weighted by Gasteiger charge is 2.30. The fourth-order valence-electron chi connectivity index (χ4n) is 1.68. The molecule has 1 aromatic carbocycles. The minimum absolute atomic E-state index is 0.177. The summed E-state index contributed by atoms with van der Waals surface area (Å²) < 4.78 is 10.3. The van der Waals surface area contributed by atoms with E-state index in [1.165, 1.54) is 26.0 Å². The van der Waals surface area contributed by atoms with E-state index in [-0.39, 0.29) is 23.1 Å². The highest BCUT2D eigenvalue weighted by Crippen LogP contribution is 2.36. The Hall–Kier alpha value is -1.50. The van der Waals surface area contributed by atoms with Crippen LogP contribution in [0.3, 0.4) is 0 Å². The molecule has 0 aliphatic carbocycles. The number of halogens is 2. The number of aliphatic carboxylic acids is 1. The number of carboxylic acids is 1. The quantitative estimate of drug-likeness (QED) is 0.690. The van der Waals surface area contributed by atoms with E-state index in [0.29, 0.717) is 18.0 Å². The number of carboxylic acid groups (broad SMARTS) is 1. The SMILES string of the molecule is COCCOc1c(Cl)cc(NC(=O)CC(C)(C)C(=O)O)cc1Cl. The standard InChI is InChI=1S/C15H19Cl2NO5/c1-15(2,14(20)21)8-12(19)18-9-6-10(16)13(11(17)7-9)23-5-4-22-3/h6-7H,4-5,8H2,1-3H3,(H,18,19)(H,20,21). The summed E-state index contributed by atoms with van der Waals surface area (Å²) in [4.78, 5) is 23.0. The van der Waals surface area contributed by atoms with Crippen LogP contribution in [0.5, 0.6) is 5.75 Å². The number of hydrogen-bond donors (Lipinski definition) is 2. The Bertz CT molecular complexity index is 566. The maximum Gasteiger partial charge on any atom is 0.309 e. The van der Waals surface area contributed by atoms with Gasteiger partial charge in [-0.05, 0) is 26.0 Å². The first-order valence-electron chi connectivity index (χ1n) is 6.81. The molecule has 0 saturated heterocycles. The van der Waals surface area contributed by atoms with Crippen LogP contribution in [0.2, 0.25) is 10.0 Å². The predicted octanol–water partition coefficient (Wildman–Crippen LogP) is 3.46. The lowest BCUT2D eigenvalue weighted by molar-refractivity contribution is -0.148. The summed E-state index contributed by atoms with van der Waals surface area (Å²) in [5.41, 5.74) is -0.800. The number of ether oxygens (including phenoxy) is 2. The zero-order valence-corrected chi connectivity index (χ0v) is 14.6. The number of amides is 1. The molecule has 1 rings (SSSR count). The van der Waals surface area contributed by atoms with Gasteiger partial charge in [-0.3, -0.25) is 9.59 Å². The Labute approximate surface area is 144 Å². The summed E-state index contributed by atoms with van der Waals surface area (Å²) >= 11 is 12.2. The second kappa shape index (κ2) is 8.38. The number of nitrogens with one attached hydrogen (secondary N) is 1. The van der Waals surface area contributed by atoms with Gasteiger partial charge in [-0.25, -0.2) is 0 Å². The molecule has 23 heavy (non-hydrogen) atoms. The predicted molar refractivity (Wildman–Crippen MR) is 88.5 cm³/mol. The van der Waals surface area contributed by atoms with E-state index >= 15 is 0 Å². The fraction of sp³-hybridized carbons (Fsp3) is 0.467. The number of carbonyl (C=O) groups is 2. The van der Waals surface area contributed by atoms with E-state index < -0.39 is 17.3 Å². The Morgan fingerprint density at radius 3 is 2.26 bits per heavy atom. The lowest BCUT2D eigenvalue weighted by Crippen LogP contribution is -2.29. The number of benzene rings is 1. The fourth-order valence-corrected chi connectivity index (χ4v) is 2.28. The third-order valence-electron chi connectivity index (χ3n) is 3.00. The molecule has 0 aromatic heterocycles. The molecule has 2 N–H and O–H groups in total. The van der Waals surface area contributed by atoms with Crippen molar-refractivity contribution in [3.05, 3.63) is 22.2 Å². The van der Waals surface area contributed by atoms with Gasteiger partial charge in [0.1, 0.15) is 6.61 Å². The third-order valence-corrected chi connectivity index (χ3v) is 3.56. The van der Waals surface area contributed by atoms with Crippen LogP contribution in [-0.4, -0.2) is 37.3 Å². The zero-order valence-electron chi connectivity index (χ0n) is 13.1. The van der Waals surface area contributed by atoms with Crippen molar-refractivity contribution < 1.29 is 24.2 Å². The van der Waals surface area contributed by atoms with Gasteiger partial charge in [0.2, 0.25) is 5.91 Å². The molecule has 8 heteroatoms. The number of methoxy groups -OCH3 is 1. The van der Waals surface area contributed by atoms with Crippen LogP contribution in [0, 0.1) is 5.41 Å². The normalized spacial score (nSPS) is 11.2. The molecule has 0 aliphatic rings. The summed E-state index contributed by atoms with van der Waals surface area (Å²) in [5.74, 6) is -1.20. The Morgan fingerprint density at radius 2 is 1.78 bits per heavy atom. The monoisotopic (exact) mass is 363 g/mol. The lowest BCUT2D eigenvalue weighted by Gasteiger charge is -2.18. The average Bonchev–Trinajstić information content (AvgIpc) is 2.41. The highest BCUT2D eigenvalue weighted by molar-refractivity contribution is 6.37. The summed E-state index contributed by atoms with van der Waals surface area (Å²) in [7, 11) is 1.55. The van der Waals surface area contributed by atoms with Crippen LogP contribution >= 0.6 is 23.2 Å². The molecular formula is C15H19Cl2NO5. The first-order valence-corrected chi connectivity index (χ1v) is 7.57. The Balaban J connectivity index is 2.79. The zero-order chi connectivity index (χ0) is 17.6. The maximum absolute atomic E-state index is 11.9. The molecular weight excluding hydrogens is 345 g/mol. The van der Waals surface area contributed by atoms with E-state index in [9.17, 15) is 9.59 Å². The van der Waals surface area contributed by atoms with Gasteiger partial charge in [-0.15, -0.1) is 0 Å². The van der Waals surface area contributed by atoms with Gasteiger partial charge in [0, 0.05) is 19.2 Å².